The molecule has 0 unspecified atom stereocenters. The first-order chi connectivity index (χ1) is 7.13. The van der Waals surface area contributed by atoms with Crippen LogP contribution in [-0.4, -0.2) is 11.0 Å². The molecule has 15 heavy (non-hydrogen) atoms. The van der Waals surface area contributed by atoms with Crippen molar-refractivity contribution in [3.05, 3.63) is 24.3 Å². The molecule has 1 aromatic carbocycles. The van der Waals surface area contributed by atoms with E-state index in [1.807, 2.05) is 25.1 Å². The van der Waals surface area contributed by atoms with Crippen LogP contribution in [0.25, 0.3) is 0 Å². The van der Waals surface area contributed by atoms with E-state index in [1.54, 1.807) is 6.07 Å². The Bertz CT molecular complexity index is 377. The van der Waals surface area contributed by atoms with E-state index >= 15 is 0 Å². The van der Waals surface area contributed by atoms with E-state index in [-0.39, 0.29) is 11.0 Å². The van der Waals surface area contributed by atoms with E-state index in [4.69, 9.17) is 0 Å². The van der Waals surface area contributed by atoms with Crippen LogP contribution in [0.2, 0.25) is 0 Å². The van der Waals surface area contributed by atoms with Crippen LogP contribution in [0.4, 0.5) is 5.69 Å². The third-order valence-corrected chi connectivity index (χ3v) is 2.80. The van der Waals surface area contributed by atoms with Crippen molar-refractivity contribution < 1.29 is 9.59 Å². The molecule has 0 radical (unpaired) electrons. The van der Waals surface area contributed by atoms with Gasteiger partial charge in [0.1, 0.15) is 0 Å². The van der Waals surface area contributed by atoms with Crippen molar-refractivity contribution in [1.29, 1.82) is 0 Å². The lowest BCUT2D eigenvalue weighted by atomic mass is 10.3. The summed E-state index contributed by atoms with van der Waals surface area (Å²) in [5, 5.41) is 2.78. The summed E-state index contributed by atoms with van der Waals surface area (Å²) in [5.74, 6) is -0.132. The lowest BCUT2D eigenvalue weighted by Crippen LogP contribution is -2.06. The van der Waals surface area contributed by atoms with Gasteiger partial charge in [-0.3, -0.25) is 9.59 Å². The minimum Gasteiger partial charge on any atom is -0.325 e. The van der Waals surface area contributed by atoms with Crippen molar-refractivity contribution in [2.24, 2.45) is 0 Å². The van der Waals surface area contributed by atoms with Crippen molar-refractivity contribution >= 4 is 28.5 Å². The molecule has 0 aliphatic carbocycles. The highest BCUT2D eigenvalue weighted by molar-refractivity contribution is 8.13. The minimum atomic E-state index is -0.132. The number of anilines is 1. The van der Waals surface area contributed by atoms with E-state index in [0.29, 0.717) is 12.1 Å². The predicted molar refractivity (Wildman–Crippen MR) is 61.9 cm³/mol. The van der Waals surface area contributed by atoms with Crippen molar-refractivity contribution in [3.8, 4) is 0 Å². The highest BCUT2D eigenvalue weighted by Gasteiger charge is 2.07. The Morgan fingerprint density at radius 2 is 2.00 bits per heavy atom. The lowest BCUT2D eigenvalue weighted by Gasteiger charge is -2.07. The molecule has 0 aliphatic rings. The second-order valence-electron chi connectivity index (χ2n) is 3.00. The zero-order valence-corrected chi connectivity index (χ0v) is 9.56. The van der Waals surface area contributed by atoms with Crippen LogP contribution >= 0.6 is 11.8 Å². The van der Waals surface area contributed by atoms with Gasteiger partial charge in [0.25, 0.3) is 0 Å². The average Bonchev–Trinajstić information content (AvgIpc) is 2.20. The van der Waals surface area contributed by atoms with Gasteiger partial charge in [0.05, 0.1) is 5.69 Å². The smallest absolute Gasteiger partial charge is 0.221 e. The van der Waals surface area contributed by atoms with Crippen LogP contribution in [0.15, 0.2) is 29.2 Å². The fourth-order valence-corrected chi connectivity index (χ4v) is 1.81. The number of nitrogens with one attached hydrogen (secondary N) is 1. The Hall–Kier alpha value is -1.29. The number of benzene rings is 1. The molecule has 80 valence electrons. The van der Waals surface area contributed by atoms with Gasteiger partial charge in [-0.25, -0.2) is 0 Å². The van der Waals surface area contributed by atoms with Crippen LogP contribution in [-0.2, 0) is 9.59 Å². The molecule has 1 aromatic rings. The quantitative estimate of drug-likeness (QED) is 0.801. The summed E-state index contributed by atoms with van der Waals surface area (Å²) in [6.07, 6.45) is 0.485. The summed E-state index contributed by atoms with van der Waals surface area (Å²) in [6.45, 7) is 3.26. The van der Waals surface area contributed by atoms with Gasteiger partial charge in [0.2, 0.25) is 5.91 Å². The van der Waals surface area contributed by atoms with Crippen LogP contribution in [0.5, 0.6) is 0 Å². The monoisotopic (exact) mass is 223 g/mol. The van der Waals surface area contributed by atoms with Crippen LogP contribution < -0.4 is 5.32 Å². The molecule has 0 bridgehead atoms. The Morgan fingerprint density at radius 3 is 2.60 bits per heavy atom. The maximum Gasteiger partial charge on any atom is 0.221 e. The fourth-order valence-electron chi connectivity index (χ4n) is 1.04. The molecule has 0 fully saturated rings. The number of hydrogen-bond acceptors (Lipinski definition) is 3. The van der Waals surface area contributed by atoms with Crippen LogP contribution in [0, 0.1) is 0 Å². The molecule has 0 heterocycles. The number of carbonyl (C=O) groups excluding carboxylic acids is 2. The Kier molecular flexibility index (Phi) is 4.37. The zero-order valence-electron chi connectivity index (χ0n) is 8.74. The second-order valence-corrected chi connectivity index (χ2v) is 4.10. The summed E-state index contributed by atoms with van der Waals surface area (Å²) in [4.78, 5) is 23.0. The van der Waals surface area contributed by atoms with E-state index in [9.17, 15) is 9.59 Å². The molecule has 0 atom stereocenters. The molecule has 1 N–H and O–H groups in total. The van der Waals surface area contributed by atoms with Crippen LogP contribution in [0.3, 0.4) is 0 Å². The minimum absolute atomic E-state index is 0.0906. The first-order valence-electron chi connectivity index (χ1n) is 4.70. The van der Waals surface area contributed by atoms with E-state index < -0.39 is 0 Å². The number of hydrogen-bond donors (Lipinski definition) is 1. The largest absolute Gasteiger partial charge is 0.325 e. The molecule has 0 aromatic heterocycles. The molecule has 4 heteroatoms. The molecule has 1 amide bonds. The normalized spacial score (nSPS) is 9.73. The maximum atomic E-state index is 11.3. The number of amides is 1. The van der Waals surface area contributed by atoms with E-state index in [1.165, 1.54) is 6.92 Å². The Morgan fingerprint density at radius 1 is 1.33 bits per heavy atom. The Balaban J connectivity index is 2.85. The Labute approximate surface area is 93.3 Å². The second kappa shape index (κ2) is 5.56. The highest BCUT2D eigenvalue weighted by Crippen LogP contribution is 2.28. The highest BCUT2D eigenvalue weighted by atomic mass is 32.2. The maximum absolute atomic E-state index is 11.3. The molecule has 0 saturated heterocycles. The van der Waals surface area contributed by atoms with Gasteiger partial charge < -0.3 is 5.32 Å². The van der Waals surface area contributed by atoms with Crippen LogP contribution in [0.1, 0.15) is 20.3 Å². The first-order valence-corrected chi connectivity index (χ1v) is 5.52. The summed E-state index contributed by atoms with van der Waals surface area (Å²) in [5.41, 5.74) is 0.691. The SMILES string of the molecule is CCC(=O)Sc1ccccc1NC(C)=O. The number of carbonyl (C=O) groups is 2. The van der Waals surface area contributed by atoms with E-state index in [2.05, 4.69) is 5.32 Å². The molecular weight excluding hydrogens is 210 g/mol. The summed E-state index contributed by atoms with van der Waals surface area (Å²) < 4.78 is 0. The molecule has 0 spiro atoms. The van der Waals surface area contributed by atoms with Gasteiger partial charge in [0.15, 0.2) is 5.12 Å². The van der Waals surface area contributed by atoms with Crippen molar-refractivity contribution in [1.82, 2.24) is 0 Å². The molecule has 0 aliphatic heterocycles. The standard InChI is InChI=1S/C11H13NO2S/c1-3-11(14)15-10-7-5-4-6-9(10)12-8(2)13/h4-7H,3H2,1-2H3,(H,12,13). The molecule has 1 rings (SSSR count). The number of thioether (sulfide) groups is 1. The van der Waals surface area contributed by atoms with Crippen molar-refractivity contribution in [3.63, 3.8) is 0 Å². The van der Waals surface area contributed by atoms with Gasteiger partial charge in [0, 0.05) is 18.2 Å². The first kappa shape index (κ1) is 11.8. The lowest BCUT2D eigenvalue weighted by molar-refractivity contribution is -0.114. The third-order valence-electron chi connectivity index (χ3n) is 1.71. The topological polar surface area (TPSA) is 46.2 Å². The summed E-state index contributed by atoms with van der Waals surface area (Å²) >= 11 is 1.16. The zero-order chi connectivity index (χ0) is 11.3. The van der Waals surface area contributed by atoms with Gasteiger partial charge in [-0.15, -0.1) is 0 Å². The average molecular weight is 223 g/mol. The van der Waals surface area contributed by atoms with Crippen molar-refractivity contribution in [2.75, 3.05) is 5.32 Å². The fraction of sp³-hybridized carbons (Fsp3) is 0.273. The number of rotatable bonds is 3. The number of para-hydroxylation sites is 1. The van der Waals surface area contributed by atoms with Gasteiger partial charge in [-0.05, 0) is 23.9 Å². The molecular formula is C11H13NO2S. The molecule has 3 nitrogen and oxygen atoms in total. The van der Waals surface area contributed by atoms with Gasteiger partial charge in [-0.1, -0.05) is 19.1 Å². The summed E-state index contributed by atoms with van der Waals surface area (Å²) in [6, 6.07) is 7.28. The molecule has 0 saturated carbocycles. The van der Waals surface area contributed by atoms with Crippen molar-refractivity contribution in [2.45, 2.75) is 25.2 Å². The predicted octanol–water partition coefficient (Wildman–Crippen LogP) is 2.67. The van der Waals surface area contributed by atoms with Gasteiger partial charge in [-0.2, -0.15) is 0 Å². The third kappa shape index (κ3) is 3.75. The van der Waals surface area contributed by atoms with E-state index in [0.717, 1.165) is 16.7 Å². The van der Waals surface area contributed by atoms with Gasteiger partial charge >= 0.3 is 0 Å². The summed E-state index contributed by atoms with van der Waals surface area (Å²) in [7, 11) is 0.